The van der Waals surface area contributed by atoms with Crippen LogP contribution in [0.2, 0.25) is 0 Å². The normalized spacial score (nSPS) is 17.0. The molecule has 1 aliphatic heterocycles. The van der Waals surface area contributed by atoms with E-state index in [1.54, 1.807) is 12.3 Å². The van der Waals surface area contributed by atoms with Crippen molar-refractivity contribution in [1.82, 2.24) is 4.98 Å². The SMILES string of the molecule is CCC1(O)CN(c2ccnc3c([N+](=O)[O-])cccc23)C1. The molecule has 1 saturated heterocycles. The summed E-state index contributed by atoms with van der Waals surface area (Å²) in [7, 11) is 0. The Hall–Kier alpha value is -2.21. The van der Waals surface area contributed by atoms with Gasteiger partial charge in [-0.3, -0.25) is 10.1 Å². The van der Waals surface area contributed by atoms with Gasteiger partial charge in [-0.05, 0) is 12.5 Å². The van der Waals surface area contributed by atoms with Crippen LogP contribution in [0.3, 0.4) is 0 Å². The van der Waals surface area contributed by atoms with Crippen molar-refractivity contribution in [2.45, 2.75) is 18.9 Å². The highest BCUT2D eigenvalue weighted by Gasteiger charge is 2.40. The van der Waals surface area contributed by atoms with Crippen molar-refractivity contribution < 1.29 is 10.0 Å². The lowest BCUT2D eigenvalue weighted by Gasteiger charge is -2.47. The third-order valence-corrected chi connectivity index (χ3v) is 3.89. The predicted octanol–water partition coefficient (Wildman–Crippen LogP) is 2.10. The molecule has 104 valence electrons. The fourth-order valence-electron chi connectivity index (χ4n) is 2.63. The highest BCUT2D eigenvalue weighted by atomic mass is 16.6. The maximum Gasteiger partial charge on any atom is 0.295 e. The van der Waals surface area contributed by atoms with Crippen LogP contribution in [-0.2, 0) is 0 Å². The largest absolute Gasteiger partial charge is 0.386 e. The number of nitrogens with zero attached hydrogens (tertiary/aromatic N) is 3. The van der Waals surface area contributed by atoms with Crippen molar-refractivity contribution in [3.8, 4) is 0 Å². The number of β-amino-alcohol motifs (C(OH)–C–C–N with tert-alkyl or cyclic N) is 1. The molecular formula is C14H15N3O3. The number of benzene rings is 1. The van der Waals surface area contributed by atoms with E-state index < -0.39 is 10.5 Å². The summed E-state index contributed by atoms with van der Waals surface area (Å²) in [4.78, 5) is 16.8. The highest BCUT2D eigenvalue weighted by Crippen LogP contribution is 2.36. The van der Waals surface area contributed by atoms with Crippen LogP contribution >= 0.6 is 0 Å². The number of para-hydroxylation sites is 1. The lowest BCUT2D eigenvalue weighted by atomic mass is 9.90. The molecule has 20 heavy (non-hydrogen) atoms. The predicted molar refractivity (Wildman–Crippen MR) is 75.9 cm³/mol. The zero-order valence-electron chi connectivity index (χ0n) is 11.1. The minimum absolute atomic E-state index is 0.00984. The van der Waals surface area contributed by atoms with E-state index in [2.05, 4.69) is 4.98 Å². The van der Waals surface area contributed by atoms with Gasteiger partial charge in [0, 0.05) is 36.4 Å². The minimum Gasteiger partial charge on any atom is -0.386 e. The summed E-state index contributed by atoms with van der Waals surface area (Å²) >= 11 is 0. The molecule has 0 unspecified atom stereocenters. The summed E-state index contributed by atoms with van der Waals surface area (Å²) in [6.07, 6.45) is 2.28. The molecule has 0 aliphatic carbocycles. The van der Waals surface area contributed by atoms with Crippen LogP contribution in [0, 0.1) is 10.1 Å². The van der Waals surface area contributed by atoms with Gasteiger partial charge < -0.3 is 10.0 Å². The van der Waals surface area contributed by atoms with Gasteiger partial charge in [-0.15, -0.1) is 0 Å². The molecule has 1 aromatic heterocycles. The molecule has 0 saturated carbocycles. The Morgan fingerprint density at radius 1 is 1.45 bits per heavy atom. The van der Waals surface area contributed by atoms with Crippen molar-refractivity contribution in [3.63, 3.8) is 0 Å². The number of rotatable bonds is 3. The Morgan fingerprint density at radius 2 is 2.20 bits per heavy atom. The number of hydrogen-bond donors (Lipinski definition) is 1. The van der Waals surface area contributed by atoms with Gasteiger partial charge in [-0.2, -0.15) is 0 Å². The fraction of sp³-hybridized carbons (Fsp3) is 0.357. The van der Waals surface area contributed by atoms with Gasteiger partial charge >= 0.3 is 0 Å². The van der Waals surface area contributed by atoms with Crippen LogP contribution in [0.15, 0.2) is 30.5 Å². The van der Waals surface area contributed by atoms with E-state index in [1.165, 1.54) is 6.07 Å². The standard InChI is InChI=1S/C14H15N3O3/c1-2-14(18)8-16(9-14)11-6-7-15-13-10(11)4-3-5-12(13)17(19)20/h3-7,18H,2,8-9H2,1H3. The molecule has 6 nitrogen and oxygen atoms in total. The molecule has 0 amide bonds. The number of aliphatic hydroxyl groups is 1. The number of nitro benzene ring substituents is 1. The molecule has 0 atom stereocenters. The smallest absolute Gasteiger partial charge is 0.295 e. The topological polar surface area (TPSA) is 79.5 Å². The molecular weight excluding hydrogens is 258 g/mol. The maximum absolute atomic E-state index is 11.0. The van der Waals surface area contributed by atoms with Crippen LogP contribution in [0.1, 0.15) is 13.3 Å². The summed E-state index contributed by atoms with van der Waals surface area (Å²) in [5, 5.41) is 21.9. The molecule has 2 heterocycles. The van der Waals surface area contributed by atoms with Crippen molar-refractivity contribution in [2.24, 2.45) is 0 Å². The monoisotopic (exact) mass is 273 g/mol. The number of pyridine rings is 1. The molecule has 3 rings (SSSR count). The lowest BCUT2D eigenvalue weighted by Crippen LogP contribution is -2.61. The first-order chi connectivity index (χ1) is 9.54. The Bertz CT molecular complexity index is 680. The third-order valence-electron chi connectivity index (χ3n) is 3.89. The van der Waals surface area contributed by atoms with Crippen molar-refractivity contribution >= 4 is 22.3 Å². The Labute approximate surface area is 115 Å². The van der Waals surface area contributed by atoms with Gasteiger partial charge in [0.1, 0.15) is 5.52 Å². The Morgan fingerprint density at radius 3 is 2.85 bits per heavy atom. The van der Waals surface area contributed by atoms with E-state index in [1.807, 2.05) is 24.0 Å². The second kappa shape index (κ2) is 4.42. The molecule has 0 bridgehead atoms. The number of non-ortho nitro benzene ring substituents is 1. The number of anilines is 1. The van der Waals surface area contributed by atoms with E-state index in [0.29, 0.717) is 25.0 Å². The van der Waals surface area contributed by atoms with E-state index in [9.17, 15) is 15.2 Å². The second-order valence-corrected chi connectivity index (χ2v) is 5.19. The minimum atomic E-state index is -0.643. The maximum atomic E-state index is 11.0. The molecule has 6 heteroatoms. The summed E-state index contributed by atoms with van der Waals surface area (Å²) in [6, 6.07) is 6.78. The first-order valence-corrected chi connectivity index (χ1v) is 6.53. The molecule has 0 spiro atoms. The van der Waals surface area contributed by atoms with Crippen LogP contribution in [0.4, 0.5) is 11.4 Å². The van der Waals surface area contributed by atoms with Crippen LogP contribution in [-0.4, -0.2) is 33.7 Å². The fourth-order valence-corrected chi connectivity index (χ4v) is 2.63. The van der Waals surface area contributed by atoms with Gasteiger partial charge in [0.25, 0.3) is 5.69 Å². The van der Waals surface area contributed by atoms with Crippen LogP contribution in [0.25, 0.3) is 10.9 Å². The van der Waals surface area contributed by atoms with Gasteiger partial charge in [0.15, 0.2) is 0 Å². The van der Waals surface area contributed by atoms with E-state index in [0.717, 1.165) is 11.1 Å². The average molecular weight is 273 g/mol. The first kappa shape index (κ1) is 12.8. The summed E-state index contributed by atoms with van der Waals surface area (Å²) in [6.45, 7) is 3.05. The van der Waals surface area contributed by atoms with Gasteiger partial charge in [-0.1, -0.05) is 19.1 Å². The zero-order chi connectivity index (χ0) is 14.3. The third kappa shape index (κ3) is 1.89. The van der Waals surface area contributed by atoms with Gasteiger partial charge in [-0.25, -0.2) is 4.98 Å². The number of fused-ring (bicyclic) bond motifs is 1. The zero-order valence-corrected chi connectivity index (χ0v) is 11.1. The molecule has 1 fully saturated rings. The Kier molecular flexibility index (Phi) is 2.83. The molecule has 2 aromatic rings. The van der Waals surface area contributed by atoms with E-state index in [-0.39, 0.29) is 5.69 Å². The van der Waals surface area contributed by atoms with Gasteiger partial charge in [0.2, 0.25) is 0 Å². The van der Waals surface area contributed by atoms with Crippen molar-refractivity contribution in [1.29, 1.82) is 0 Å². The number of nitro groups is 1. The summed E-state index contributed by atoms with van der Waals surface area (Å²) in [5.41, 5.74) is 0.644. The first-order valence-electron chi connectivity index (χ1n) is 6.53. The van der Waals surface area contributed by atoms with E-state index >= 15 is 0 Å². The van der Waals surface area contributed by atoms with Crippen LogP contribution in [0.5, 0.6) is 0 Å². The van der Waals surface area contributed by atoms with Crippen molar-refractivity contribution in [3.05, 3.63) is 40.6 Å². The molecule has 1 aromatic carbocycles. The number of hydrogen-bond acceptors (Lipinski definition) is 5. The van der Waals surface area contributed by atoms with Crippen LogP contribution < -0.4 is 4.90 Å². The quantitative estimate of drug-likeness (QED) is 0.684. The summed E-state index contributed by atoms with van der Waals surface area (Å²) < 4.78 is 0. The highest BCUT2D eigenvalue weighted by molar-refractivity contribution is 5.97. The summed E-state index contributed by atoms with van der Waals surface area (Å²) in [5.74, 6) is 0. The Balaban J connectivity index is 2.06. The number of aromatic nitrogens is 1. The molecule has 1 aliphatic rings. The van der Waals surface area contributed by atoms with E-state index in [4.69, 9.17) is 0 Å². The molecule has 1 N–H and O–H groups in total. The lowest BCUT2D eigenvalue weighted by molar-refractivity contribution is -0.383. The molecule has 0 radical (unpaired) electrons. The average Bonchev–Trinajstić information content (AvgIpc) is 2.42. The van der Waals surface area contributed by atoms with Crippen molar-refractivity contribution in [2.75, 3.05) is 18.0 Å². The van der Waals surface area contributed by atoms with Gasteiger partial charge in [0.05, 0.1) is 10.5 Å². The second-order valence-electron chi connectivity index (χ2n) is 5.19.